The number of hydrogen-bond acceptors (Lipinski definition) is 2. The van der Waals surface area contributed by atoms with Crippen molar-refractivity contribution in [3.05, 3.63) is 18.2 Å². The monoisotopic (exact) mass is 196 g/mol. The molecule has 0 aliphatic carbocycles. The molecule has 1 N–H and O–H groups in total. The van der Waals surface area contributed by atoms with Gasteiger partial charge < -0.3 is 9.67 Å². The molecule has 0 spiro atoms. The molecule has 1 heterocycles. The number of carboxylic acids is 1. The Morgan fingerprint density at radius 1 is 1.64 bits per heavy atom. The molecule has 0 saturated carbocycles. The maximum absolute atomic E-state index is 10.9. The third-order valence-electron chi connectivity index (χ3n) is 2.34. The number of imidazole rings is 1. The molecule has 0 aliphatic rings. The van der Waals surface area contributed by atoms with Crippen LogP contribution in [0, 0.1) is 5.41 Å². The molecular formula is C10H16N2O2. The highest BCUT2D eigenvalue weighted by Crippen LogP contribution is 2.21. The SMILES string of the molecule is CCn1cncc1CC(C)(C)C(=O)O. The van der Waals surface area contributed by atoms with Crippen LogP contribution >= 0.6 is 0 Å². The van der Waals surface area contributed by atoms with E-state index >= 15 is 0 Å². The highest BCUT2D eigenvalue weighted by atomic mass is 16.4. The van der Waals surface area contributed by atoms with Gasteiger partial charge in [0.1, 0.15) is 0 Å². The summed E-state index contributed by atoms with van der Waals surface area (Å²) < 4.78 is 1.96. The Balaban J connectivity index is 2.83. The van der Waals surface area contributed by atoms with Crippen molar-refractivity contribution in [2.75, 3.05) is 0 Å². The lowest BCUT2D eigenvalue weighted by atomic mass is 9.88. The minimum absolute atomic E-state index is 0.510. The molecule has 1 aromatic rings. The van der Waals surface area contributed by atoms with Gasteiger partial charge in [0.25, 0.3) is 0 Å². The molecule has 1 aromatic heterocycles. The number of hydrogen-bond donors (Lipinski definition) is 1. The van der Waals surface area contributed by atoms with E-state index in [4.69, 9.17) is 5.11 Å². The average Bonchev–Trinajstić information content (AvgIpc) is 2.50. The molecular weight excluding hydrogens is 180 g/mol. The van der Waals surface area contributed by atoms with Gasteiger partial charge in [-0.2, -0.15) is 0 Å². The average molecular weight is 196 g/mol. The van der Waals surface area contributed by atoms with Crippen LogP contribution in [0.3, 0.4) is 0 Å². The standard InChI is InChI=1S/C10H16N2O2/c1-4-12-7-11-6-8(12)5-10(2,3)9(13)14/h6-7H,4-5H2,1-3H3,(H,13,14). The molecule has 0 aliphatic heterocycles. The van der Waals surface area contributed by atoms with Crippen LogP contribution in [0.15, 0.2) is 12.5 Å². The van der Waals surface area contributed by atoms with Crippen molar-refractivity contribution in [2.24, 2.45) is 5.41 Å². The molecule has 1 rings (SSSR count). The third kappa shape index (κ3) is 2.13. The van der Waals surface area contributed by atoms with Crippen LogP contribution in [-0.2, 0) is 17.8 Å². The fourth-order valence-electron chi connectivity index (χ4n) is 1.31. The highest BCUT2D eigenvalue weighted by Gasteiger charge is 2.28. The molecule has 0 unspecified atom stereocenters. The molecule has 0 amide bonds. The second-order valence-electron chi connectivity index (χ2n) is 4.04. The van der Waals surface area contributed by atoms with E-state index in [2.05, 4.69) is 4.98 Å². The first kappa shape index (κ1) is 10.8. The first-order chi connectivity index (χ1) is 6.47. The molecule has 0 bridgehead atoms. The summed E-state index contributed by atoms with van der Waals surface area (Å²) in [5.74, 6) is -0.777. The Morgan fingerprint density at radius 3 is 2.79 bits per heavy atom. The molecule has 0 saturated heterocycles. The van der Waals surface area contributed by atoms with Gasteiger partial charge in [0, 0.05) is 24.9 Å². The number of aliphatic carboxylic acids is 1. The van der Waals surface area contributed by atoms with Gasteiger partial charge in [-0.05, 0) is 20.8 Å². The summed E-state index contributed by atoms with van der Waals surface area (Å²) in [4.78, 5) is 14.9. The third-order valence-corrected chi connectivity index (χ3v) is 2.34. The second kappa shape index (κ2) is 3.82. The summed E-state index contributed by atoms with van der Waals surface area (Å²) in [6.45, 7) is 6.29. The van der Waals surface area contributed by atoms with Crippen molar-refractivity contribution >= 4 is 5.97 Å². The highest BCUT2D eigenvalue weighted by molar-refractivity contribution is 5.73. The van der Waals surface area contributed by atoms with Crippen molar-refractivity contribution in [2.45, 2.75) is 33.7 Å². The maximum atomic E-state index is 10.9. The number of carboxylic acid groups (broad SMARTS) is 1. The van der Waals surface area contributed by atoms with Gasteiger partial charge >= 0.3 is 5.97 Å². The predicted octanol–water partition coefficient (Wildman–Crippen LogP) is 1.56. The van der Waals surface area contributed by atoms with E-state index in [1.54, 1.807) is 26.4 Å². The number of carbonyl (C=O) groups is 1. The Morgan fingerprint density at radius 2 is 2.29 bits per heavy atom. The normalized spacial score (nSPS) is 11.6. The molecule has 0 fully saturated rings. The quantitative estimate of drug-likeness (QED) is 0.795. The summed E-state index contributed by atoms with van der Waals surface area (Å²) in [6.07, 6.45) is 3.97. The van der Waals surface area contributed by atoms with Crippen molar-refractivity contribution in [3.63, 3.8) is 0 Å². The van der Waals surface area contributed by atoms with Crippen LogP contribution in [0.5, 0.6) is 0 Å². The molecule has 4 nitrogen and oxygen atoms in total. The van der Waals surface area contributed by atoms with Crippen molar-refractivity contribution < 1.29 is 9.90 Å². The van der Waals surface area contributed by atoms with E-state index in [-0.39, 0.29) is 0 Å². The van der Waals surface area contributed by atoms with Crippen LogP contribution in [-0.4, -0.2) is 20.6 Å². The summed E-state index contributed by atoms with van der Waals surface area (Å²) in [6, 6.07) is 0. The molecule has 78 valence electrons. The predicted molar refractivity (Wildman–Crippen MR) is 53.0 cm³/mol. The van der Waals surface area contributed by atoms with E-state index in [1.165, 1.54) is 0 Å². The van der Waals surface area contributed by atoms with Gasteiger partial charge in [-0.3, -0.25) is 4.79 Å². The molecule has 0 radical (unpaired) electrons. The lowest BCUT2D eigenvalue weighted by Crippen LogP contribution is -2.27. The number of aromatic nitrogens is 2. The van der Waals surface area contributed by atoms with Gasteiger partial charge in [0.05, 0.1) is 11.7 Å². The van der Waals surface area contributed by atoms with Crippen LogP contribution in [0.25, 0.3) is 0 Å². The minimum atomic E-state index is -0.777. The Labute approximate surface area is 83.6 Å². The van der Waals surface area contributed by atoms with Gasteiger partial charge in [0.15, 0.2) is 0 Å². The topological polar surface area (TPSA) is 55.1 Å². The summed E-state index contributed by atoms with van der Waals surface area (Å²) >= 11 is 0. The number of aryl methyl sites for hydroxylation is 1. The first-order valence-corrected chi connectivity index (χ1v) is 4.70. The Hall–Kier alpha value is -1.32. The number of rotatable bonds is 4. The molecule has 0 aromatic carbocycles. The van der Waals surface area contributed by atoms with Gasteiger partial charge in [0.2, 0.25) is 0 Å². The fourth-order valence-corrected chi connectivity index (χ4v) is 1.31. The van der Waals surface area contributed by atoms with Gasteiger partial charge in [-0.15, -0.1) is 0 Å². The van der Waals surface area contributed by atoms with E-state index in [9.17, 15) is 4.79 Å². The zero-order chi connectivity index (χ0) is 10.8. The van der Waals surface area contributed by atoms with Gasteiger partial charge in [-0.1, -0.05) is 0 Å². The zero-order valence-electron chi connectivity index (χ0n) is 8.82. The molecule has 4 heteroatoms. The number of nitrogens with zero attached hydrogens (tertiary/aromatic N) is 2. The minimum Gasteiger partial charge on any atom is -0.481 e. The van der Waals surface area contributed by atoms with Crippen LogP contribution < -0.4 is 0 Å². The van der Waals surface area contributed by atoms with Crippen molar-refractivity contribution in [1.82, 2.24) is 9.55 Å². The van der Waals surface area contributed by atoms with E-state index in [0.29, 0.717) is 6.42 Å². The lowest BCUT2D eigenvalue weighted by molar-refractivity contribution is -0.146. The van der Waals surface area contributed by atoms with Crippen LogP contribution in [0.1, 0.15) is 26.5 Å². The second-order valence-corrected chi connectivity index (χ2v) is 4.04. The summed E-state index contributed by atoms with van der Waals surface area (Å²) in [5, 5.41) is 8.97. The van der Waals surface area contributed by atoms with E-state index in [1.807, 2.05) is 11.5 Å². The zero-order valence-corrected chi connectivity index (χ0v) is 8.82. The molecule has 0 atom stereocenters. The summed E-state index contributed by atoms with van der Waals surface area (Å²) in [7, 11) is 0. The Bertz CT molecular complexity index is 329. The fraction of sp³-hybridized carbons (Fsp3) is 0.600. The summed E-state index contributed by atoms with van der Waals surface area (Å²) in [5.41, 5.74) is 0.243. The van der Waals surface area contributed by atoms with Crippen LogP contribution in [0.2, 0.25) is 0 Å². The van der Waals surface area contributed by atoms with E-state index < -0.39 is 11.4 Å². The van der Waals surface area contributed by atoms with Gasteiger partial charge in [-0.25, -0.2) is 4.98 Å². The largest absolute Gasteiger partial charge is 0.481 e. The Kier molecular flexibility index (Phi) is 2.93. The smallest absolute Gasteiger partial charge is 0.309 e. The molecule has 14 heavy (non-hydrogen) atoms. The lowest BCUT2D eigenvalue weighted by Gasteiger charge is -2.19. The maximum Gasteiger partial charge on any atom is 0.309 e. The van der Waals surface area contributed by atoms with Crippen LogP contribution in [0.4, 0.5) is 0 Å². The first-order valence-electron chi connectivity index (χ1n) is 4.70. The van der Waals surface area contributed by atoms with Crippen molar-refractivity contribution in [3.8, 4) is 0 Å². The van der Waals surface area contributed by atoms with E-state index in [0.717, 1.165) is 12.2 Å². The van der Waals surface area contributed by atoms with Crippen molar-refractivity contribution in [1.29, 1.82) is 0 Å².